The number of rotatable bonds is 0. The van der Waals surface area contributed by atoms with E-state index in [1.807, 2.05) is 0 Å². The fourth-order valence-electron chi connectivity index (χ4n) is 0. The van der Waals surface area contributed by atoms with Gasteiger partial charge in [0.1, 0.15) is 0 Å². The zero-order valence-electron chi connectivity index (χ0n) is 2.55. The van der Waals surface area contributed by atoms with E-state index in [1.165, 1.54) is 0 Å². The first-order chi connectivity index (χ1) is 2.00. The van der Waals surface area contributed by atoms with Crippen LogP contribution in [0.4, 0.5) is 0 Å². The van der Waals surface area contributed by atoms with E-state index in [9.17, 15) is 0 Å². The first-order valence-corrected chi connectivity index (χ1v) is 1.90. The summed E-state index contributed by atoms with van der Waals surface area (Å²) in [6.07, 6.45) is 0. The molecule has 0 aliphatic rings. The molecule has 0 aromatic heterocycles. The van der Waals surface area contributed by atoms with Crippen LogP contribution in [0.5, 0.6) is 0 Å². The molecular formula is H6ClInO5. The molecule has 0 aromatic rings. The van der Waals surface area contributed by atoms with Gasteiger partial charge in [0, 0.05) is 0 Å². The van der Waals surface area contributed by atoms with Gasteiger partial charge in [-0.15, -0.1) is 0 Å². The van der Waals surface area contributed by atoms with Crippen molar-refractivity contribution in [2.75, 3.05) is 0 Å². The summed E-state index contributed by atoms with van der Waals surface area (Å²) in [5.41, 5.74) is 0. The SMILES string of the molecule is O.[InH3].[O-][Cl+3]([O-])([O-])O. The normalized spacial score (nSPS) is 8.57. The summed E-state index contributed by atoms with van der Waals surface area (Å²) in [5, 5.41) is 0. The van der Waals surface area contributed by atoms with Gasteiger partial charge in [0.2, 0.25) is 0 Å². The summed E-state index contributed by atoms with van der Waals surface area (Å²) < 4.78 is 32.7. The third kappa shape index (κ3) is 186. The van der Waals surface area contributed by atoms with E-state index in [1.54, 1.807) is 0 Å². The van der Waals surface area contributed by atoms with E-state index in [4.69, 9.17) is 18.6 Å². The molecule has 0 spiro atoms. The Bertz CT molecular complexity index is 23.6. The van der Waals surface area contributed by atoms with E-state index < -0.39 is 10.2 Å². The van der Waals surface area contributed by atoms with Crippen LogP contribution in [0.25, 0.3) is 0 Å². The number of hydrogen-bond donors (Lipinski definition) is 1. The Balaban J connectivity index is -0.0000000800. The van der Waals surface area contributed by atoms with E-state index in [0.717, 1.165) is 0 Å². The minimum Gasteiger partial charge on any atom is -0.183 e. The topological polar surface area (TPSA) is 121 Å². The van der Waals surface area contributed by atoms with Crippen LogP contribution in [-0.4, -0.2) is 36.0 Å². The second kappa shape index (κ2) is 5.10. The van der Waals surface area contributed by atoms with Gasteiger partial charge < -0.3 is 5.48 Å². The molecule has 7 heavy (non-hydrogen) atoms. The van der Waals surface area contributed by atoms with Crippen molar-refractivity contribution in [2.24, 2.45) is 0 Å². The fraction of sp³-hybridized carbons (Fsp3) is 0. The fourth-order valence-corrected chi connectivity index (χ4v) is 0. The molecule has 0 fully saturated rings. The van der Waals surface area contributed by atoms with Crippen LogP contribution < -0.4 is 14.0 Å². The van der Waals surface area contributed by atoms with Gasteiger partial charge in [0.25, 0.3) is 0 Å². The summed E-state index contributed by atoms with van der Waals surface area (Å²) in [6, 6.07) is 0. The molecule has 3 N–H and O–H groups in total. The van der Waals surface area contributed by atoms with Crippen LogP contribution in [0.3, 0.4) is 0 Å². The largest absolute Gasteiger partial charge is 0.183 e. The average Bonchev–Trinajstić information content (AvgIpc) is 0.722. The molecule has 0 atom stereocenters. The smallest absolute Gasteiger partial charge is 0.0777 e. The molecule has 0 unspecified atom stereocenters. The van der Waals surface area contributed by atoms with E-state index >= 15 is 0 Å². The predicted octanol–water partition coefficient (Wildman–Crippen LogP) is -6.13. The molecule has 7 heteroatoms. The molecule has 0 aliphatic heterocycles. The second-order valence-electron chi connectivity index (χ2n) is 0.396. The van der Waals surface area contributed by atoms with Crippen molar-refractivity contribution < 1.29 is 34.4 Å². The first-order valence-electron chi connectivity index (χ1n) is 0.632. The maximum absolute atomic E-state index is 8.60. The molecule has 0 bridgehead atoms. The molecule has 0 rings (SSSR count). The number of halogens is 1. The van der Waals surface area contributed by atoms with Gasteiger partial charge >= 0.3 is 25.8 Å². The predicted molar refractivity (Wildman–Crippen MR) is 15.8 cm³/mol. The van der Waals surface area contributed by atoms with Crippen LogP contribution >= 0.6 is 0 Å². The van der Waals surface area contributed by atoms with E-state index in [-0.39, 0.29) is 31.3 Å². The molecule has 0 radical (unpaired) electrons. The second-order valence-corrected chi connectivity index (χ2v) is 1.19. The van der Waals surface area contributed by atoms with Crippen LogP contribution in [0.1, 0.15) is 0 Å². The Hall–Kier alpha value is 0.960. The Morgan fingerprint density at radius 3 is 1.14 bits per heavy atom. The first kappa shape index (κ1) is 15.7. The molecule has 0 amide bonds. The van der Waals surface area contributed by atoms with Crippen molar-refractivity contribution >= 4 is 25.8 Å². The van der Waals surface area contributed by atoms with Crippen LogP contribution in [-0.2, 0) is 0 Å². The quantitative estimate of drug-likeness (QED) is 0.450. The van der Waals surface area contributed by atoms with Crippen LogP contribution in [0.2, 0.25) is 0 Å². The van der Waals surface area contributed by atoms with Crippen LogP contribution in [0.15, 0.2) is 0 Å². The third-order valence-corrected chi connectivity index (χ3v) is 0. The molecule has 46 valence electrons. The molecule has 5 nitrogen and oxygen atoms in total. The van der Waals surface area contributed by atoms with Crippen molar-refractivity contribution in [1.29, 1.82) is 0 Å². The van der Waals surface area contributed by atoms with Gasteiger partial charge in [-0.3, -0.25) is 0 Å². The van der Waals surface area contributed by atoms with Gasteiger partial charge in [0.05, 0.1) is 14.9 Å². The van der Waals surface area contributed by atoms with Crippen LogP contribution in [0, 0.1) is 10.2 Å². The zero-order chi connectivity index (χ0) is 4.50. The standard InChI is InChI=1S/ClHO4.In.H2O.3H/c2-1(3,4)5;;;;;/h(H,2,3,4,5);;1H2;;;. The Morgan fingerprint density at radius 2 is 1.14 bits per heavy atom. The van der Waals surface area contributed by atoms with E-state index in [2.05, 4.69) is 0 Å². The number of hydrogen-bond acceptors (Lipinski definition) is 4. The average molecular weight is 236 g/mol. The Kier molecular flexibility index (Phi) is 11.4. The molecule has 0 heterocycles. The molecule has 0 saturated carbocycles. The van der Waals surface area contributed by atoms with E-state index in [0.29, 0.717) is 0 Å². The molecule has 0 aromatic carbocycles. The molecular weight excluding hydrogens is 230 g/mol. The van der Waals surface area contributed by atoms with Gasteiger partial charge in [-0.05, 0) is 0 Å². The minimum atomic E-state index is -4.69. The third-order valence-electron chi connectivity index (χ3n) is 0. The van der Waals surface area contributed by atoms with Gasteiger partial charge in [-0.2, -0.15) is 14.0 Å². The molecule has 0 aliphatic carbocycles. The summed E-state index contributed by atoms with van der Waals surface area (Å²) in [5.74, 6) is 0. The summed E-state index contributed by atoms with van der Waals surface area (Å²) >= 11 is 0. The van der Waals surface area contributed by atoms with Crippen molar-refractivity contribution in [2.45, 2.75) is 0 Å². The van der Waals surface area contributed by atoms with Gasteiger partial charge in [0.15, 0.2) is 0 Å². The maximum Gasteiger partial charge on any atom is 0.0777 e. The summed E-state index contributed by atoms with van der Waals surface area (Å²) in [4.78, 5) is 0. The zero-order valence-corrected chi connectivity index (χ0v) is 3.31. The van der Waals surface area contributed by atoms with Crippen molar-refractivity contribution in [1.82, 2.24) is 0 Å². The van der Waals surface area contributed by atoms with Gasteiger partial charge in [-0.1, -0.05) is 0 Å². The van der Waals surface area contributed by atoms with Crippen molar-refractivity contribution in [3.05, 3.63) is 0 Å². The Morgan fingerprint density at radius 1 is 1.14 bits per heavy atom. The van der Waals surface area contributed by atoms with Gasteiger partial charge in [-0.25, -0.2) is 0 Å². The molecule has 0 saturated heterocycles. The Labute approximate surface area is 60.4 Å². The maximum atomic E-state index is 8.60. The minimum absolute atomic E-state index is 0. The van der Waals surface area contributed by atoms with Crippen molar-refractivity contribution in [3.63, 3.8) is 0 Å². The summed E-state index contributed by atoms with van der Waals surface area (Å²) in [7, 11) is -4.69. The monoisotopic (exact) mass is 236 g/mol. The van der Waals surface area contributed by atoms with Crippen molar-refractivity contribution in [3.8, 4) is 0 Å². The summed E-state index contributed by atoms with van der Waals surface area (Å²) in [6.45, 7) is 0.